The normalized spacial score (nSPS) is 20.0. The van der Waals surface area contributed by atoms with E-state index in [1.54, 1.807) is 17.0 Å². The van der Waals surface area contributed by atoms with Crippen LogP contribution in [0.5, 0.6) is 0 Å². The van der Waals surface area contributed by atoms with Crippen molar-refractivity contribution < 1.29 is 9.18 Å². The maximum Gasteiger partial charge on any atom is 0.227 e. The molecule has 5 nitrogen and oxygen atoms in total. The Morgan fingerprint density at radius 1 is 1.36 bits per heavy atom. The third-order valence-electron chi connectivity index (χ3n) is 5.23. The largest absolute Gasteiger partial charge is 0.345 e. The Kier molecular flexibility index (Phi) is 5.18. The van der Waals surface area contributed by atoms with Gasteiger partial charge in [-0.1, -0.05) is 12.1 Å². The van der Waals surface area contributed by atoms with Gasteiger partial charge in [-0.05, 0) is 36.6 Å². The van der Waals surface area contributed by atoms with E-state index in [0.717, 1.165) is 29.8 Å². The molecule has 2 heterocycles. The lowest BCUT2D eigenvalue weighted by Gasteiger charge is -2.24. The maximum absolute atomic E-state index is 13.0. The topological polar surface area (TPSA) is 50.2 Å². The second-order valence-corrected chi connectivity index (χ2v) is 6.82. The molecule has 1 saturated heterocycles. The molecule has 0 aliphatic carbocycles. The van der Waals surface area contributed by atoms with Crippen molar-refractivity contribution >= 4 is 5.91 Å². The summed E-state index contributed by atoms with van der Waals surface area (Å²) in [5, 5.41) is 7.66. The molecule has 3 rings (SSSR count). The molecule has 0 spiro atoms. The highest BCUT2D eigenvalue weighted by Gasteiger charge is 2.37. The number of halogens is 1. The van der Waals surface area contributed by atoms with Crippen LogP contribution < -0.4 is 5.32 Å². The zero-order valence-electron chi connectivity index (χ0n) is 15.0. The molecular formula is C19H25FN4O. The highest BCUT2D eigenvalue weighted by atomic mass is 19.1. The van der Waals surface area contributed by atoms with Crippen molar-refractivity contribution in [3.05, 3.63) is 53.1 Å². The molecule has 0 unspecified atom stereocenters. The molecular weight excluding hydrogens is 319 g/mol. The molecule has 1 N–H and O–H groups in total. The summed E-state index contributed by atoms with van der Waals surface area (Å²) in [4.78, 5) is 14.7. The Bertz CT molecular complexity index is 740. The lowest BCUT2D eigenvalue weighted by atomic mass is 9.88. The Morgan fingerprint density at radius 2 is 2.08 bits per heavy atom. The highest BCUT2D eigenvalue weighted by molar-refractivity contribution is 5.80. The molecule has 2 aromatic rings. The van der Waals surface area contributed by atoms with E-state index in [4.69, 9.17) is 0 Å². The predicted octanol–water partition coefficient (Wildman–Crippen LogP) is 1.87. The van der Waals surface area contributed by atoms with Gasteiger partial charge in [0.1, 0.15) is 5.82 Å². The summed E-state index contributed by atoms with van der Waals surface area (Å²) in [6.07, 6.45) is 2.60. The maximum atomic E-state index is 13.0. The van der Waals surface area contributed by atoms with Gasteiger partial charge in [0.2, 0.25) is 5.91 Å². The van der Waals surface area contributed by atoms with E-state index in [-0.39, 0.29) is 23.6 Å². The Balaban J connectivity index is 1.64. The molecule has 1 fully saturated rings. The van der Waals surface area contributed by atoms with E-state index >= 15 is 0 Å². The molecule has 1 aromatic carbocycles. The van der Waals surface area contributed by atoms with Crippen molar-refractivity contribution in [3.63, 3.8) is 0 Å². The molecule has 1 aliphatic heterocycles. The van der Waals surface area contributed by atoms with Crippen molar-refractivity contribution in [2.75, 3.05) is 26.7 Å². The Labute approximate surface area is 147 Å². The predicted molar refractivity (Wildman–Crippen MR) is 94.8 cm³/mol. The molecule has 134 valence electrons. The summed E-state index contributed by atoms with van der Waals surface area (Å²) in [5.74, 6) is 0.0100. The third kappa shape index (κ3) is 3.74. The molecule has 0 bridgehead atoms. The highest BCUT2D eigenvalue weighted by Crippen LogP contribution is 2.31. The number of carbonyl (C=O) groups is 1. The Hall–Kier alpha value is -2.21. The van der Waals surface area contributed by atoms with Crippen LogP contribution in [-0.4, -0.2) is 47.3 Å². The molecule has 1 aromatic heterocycles. The van der Waals surface area contributed by atoms with E-state index in [1.807, 2.05) is 31.9 Å². The lowest BCUT2D eigenvalue weighted by molar-refractivity contribution is -0.134. The second kappa shape index (κ2) is 7.35. The van der Waals surface area contributed by atoms with E-state index in [1.165, 1.54) is 12.1 Å². The van der Waals surface area contributed by atoms with Gasteiger partial charge >= 0.3 is 0 Å². The summed E-state index contributed by atoms with van der Waals surface area (Å²) in [7, 11) is 3.77. The van der Waals surface area contributed by atoms with E-state index < -0.39 is 0 Å². The van der Waals surface area contributed by atoms with Crippen molar-refractivity contribution in [3.8, 4) is 0 Å². The summed E-state index contributed by atoms with van der Waals surface area (Å²) in [6.45, 7) is 4.16. The van der Waals surface area contributed by atoms with Crippen LogP contribution in [0.25, 0.3) is 0 Å². The number of amides is 1. The first-order valence-electron chi connectivity index (χ1n) is 8.66. The van der Waals surface area contributed by atoms with Crippen molar-refractivity contribution in [2.24, 2.45) is 13.0 Å². The summed E-state index contributed by atoms with van der Waals surface area (Å²) < 4.78 is 14.8. The van der Waals surface area contributed by atoms with Crippen LogP contribution in [-0.2, 0) is 18.3 Å². The molecule has 0 radical (unpaired) electrons. The summed E-state index contributed by atoms with van der Waals surface area (Å²) >= 11 is 0. The average molecular weight is 344 g/mol. The van der Waals surface area contributed by atoms with Crippen LogP contribution >= 0.6 is 0 Å². The number of benzene rings is 1. The zero-order chi connectivity index (χ0) is 18.0. The molecule has 0 saturated carbocycles. The Morgan fingerprint density at radius 3 is 2.72 bits per heavy atom. The number of carbonyl (C=O) groups excluding carboxylic acids is 1. The van der Waals surface area contributed by atoms with E-state index in [0.29, 0.717) is 13.1 Å². The van der Waals surface area contributed by atoms with Gasteiger partial charge in [0.15, 0.2) is 0 Å². The quantitative estimate of drug-likeness (QED) is 0.901. The molecule has 6 heteroatoms. The minimum atomic E-state index is -0.236. The fourth-order valence-electron chi connectivity index (χ4n) is 3.49. The smallest absolute Gasteiger partial charge is 0.227 e. The van der Waals surface area contributed by atoms with Gasteiger partial charge in [0.25, 0.3) is 0 Å². The van der Waals surface area contributed by atoms with Gasteiger partial charge < -0.3 is 10.2 Å². The number of nitrogens with one attached hydrogen (secondary N) is 1. The average Bonchev–Trinajstić information content (AvgIpc) is 3.21. The van der Waals surface area contributed by atoms with Gasteiger partial charge in [0, 0.05) is 45.3 Å². The number of hydrogen-bond acceptors (Lipinski definition) is 3. The third-order valence-corrected chi connectivity index (χ3v) is 5.23. The first-order valence-corrected chi connectivity index (χ1v) is 8.66. The summed E-state index contributed by atoms with van der Waals surface area (Å²) in [5.41, 5.74) is 3.29. The minimum absolute atomic E-state index is 0.0684. The first-order chi connectivity index (χ1) is 12.0. The van der Waals surface area contributed by atoms with Crippen molar-refractivity contribution in [1.82, 2.24) is 20.0 Å². The van der Waals surface area contributed by atoms with Crippen LogP contribution in [0.3, 0.4) is 0 Å². The lowest BCUT2D eigenvalue weighted by Crippen LogP contribution is -2.37. The number of aryl methyl sites for hydroxylation is 1. The summed E-state index contributed by atoms with van der Waals surface area (Å²) in [6, 6.07) is 6.46. The number of aromatic nitrogens is 2. The van der Waals surface area contributed by atoms with Gasteiger partial charge in [0.05, 0.1) is 12.1 Å². The van der Waals surface area contributed by atoms with E-state index in [2.05, 4.69) is 10.4 Å². The monoisotopic (exact) mass is 344 g/mol. The van der Waals surface area contributed by atoms with Crippen molar-refractivity contribution in [2.45, 2.75) is 19.3 Å². The van der Waals surface area contributed by atoms with Crippen LogP contribution in [0, 0.1) is 18.7 Å². The van der Waals surface area contributed by atoms with Crippen LogP contribution in [0.1, 0.15) is 22.7 Å². The van der Waals surface area contributed by atoms with Crippen LogP contribution in [0.4, 0.5) is 4.39 Å². The molecule has 25 heavy (non-hydrogen) atoms. The van der Waals surface area contributed by atoms with Gasteiger partial charge in [-0.15, -0.1) is 0 Å². The molecule has 1 amide bonds. The van der Waals surface area contributed by atoms with Gasteiger partial charge in [-0.2, -0.15) is 5.10 Å². The standard InChI is InChI=1S/C19H25FN4O/c1-13-16(12-22-24(13)3)17-10-21-11-18(17)19(25)23(2)9-8-14-4-6-15(20)7-5-14/h4-7,12,17-18,21H,8-11H2,1-3H3/t17-,18+/m1/s1. The fourth-order valence-corrected chi connectivity index (χ4v) is 3.49. The number of hydrogen-bond donors (Lipinski definition) is 1. The molecule has 2 atom stereocenters. The second-order valence-electron chi connectivity index (χ2n) is 6.82. The van der Waals surface area contributed by atoms with E-state index in [9.17, 15) is 9.18 Å². The van der Waals surface area contributed by atoms with Gasteiger partial charge in [-0.25, -0.2) is 4.39 Å². The fraction of sp³-hybridized carbons (Fsp3) is 0.474. The molecule has 1 aliphatic rings. The number of nitrogens with zero attached hydrogens (tertiary/aromatic N) is 3. The number of rotatable bonds is 5. The zero-order valence-corrected chi connectivity index (χ0v) is 15.0. The van der Waals surface area contributed by atoms with Crippen molar-refractivity contribution in [1.29, 1.82) is 0 Å². The SMILES string of the molecule is Cc1c([C@H]2CNC[C@@H]2C(=O)N(C)CCc2ccc(F)cc2)cnn1C. The number of likely N-dealkylation sites (N-methyl/N-ethyl adjacent to an activating group) is 1. The van der Waals surface area contributed by atoms with Crippen LogP contribution in [0.15, 0.2) is 30.5 Å². The minimum Gasteiger partial charge on any atom is -0.345 e. The van der Waals surface area contributed by atoms with Crippen LogP contribution in [0.2, 0.25) is 0 Å². The first kappa shape index (κ1) is 17.6. The van der Waals surface area contributed by atoms with Gasteiger partial charge in [-0.3, -0.25) is 9.48 Å².